The Balaban J connectivity index is 2.60. The van der Waals surface area contributed by atoms with Crippen LogP contribution in [0.4, 0.5) is 4.79 Å². The standard InChI is InChI=1S/C22H42O3/c1-5-8-11-12-13-14-15-18-22(17-10-7-3)19(4)20(16-9-6-2)24-21(23)25-22/h19-20H,5-18H2,1-4H3. The summed E-state index contributed by atoms with van der Waals surface area (Å²) in [5.74, 6) is 0.295. The van der Waals surface area contributed by atoms with E-state index in [2.05, 4.69) is 27.7 Å². The molecule has 1 aliphatic heterocycles. The van der Waals surface area contributed by atoms with Crippen LogP contribution in [0.15, 0.2) is 0 Å². The number of rotatable bonds is 14. The minimum absolute atomic E-state index is 0.0302. The van der Waals surface area contributed by atoms with Gasteiger partial charge in [-0.15, -0.1) is 0 Å². The normalized spacial score (nSPS) is 26.3. The quantitative estimate of drug-likeness (QED) is 0.240. The van der Waals surface area contributed by atoms with Crippen molar-refractivity contribution in [1.29, 1.82) is 0 Å². The van der Waals surface area contributed by atoms with Gasteiger partial charge in [-0.05, 0) is 32.1 Å². The first kappa shape index (κ1) is 22.3. The molecule has 148 valence electrons. The van der Waals surface area contributed by atoms with E-state index < -0.39 is 6.16 Å². The second kappa shape index (κ2) is 12.6. The van der Waals surface area contributed by atoms with Crippen LogP contribution < -0.4 is 0 Å². The number of carbonyl (C=O) groups excluding carboxylic acids is 1. The molecule has 0 radical (unpaired) electrons. The van der Waals surface area contributed by atoms with Crippen molar-refractivity contribution in [2.24, 2.45) is 5.92 Å². The summed E-state index contributed by atoms with van der Waals surface area (Å²) in [7, 11) is 0. The van der Waals surface area contributed by atoms with Gasteiger partial charge < -0.3 is 9.47 Å². The molecule has 0 spiro atoms. The molecule has 3 atom stereocenters. The summed E-state index contributed by atoms with van der Waals surface area (Å²) < 4.78 is 11.4. The molecule has 3 unspecified atom stereocenters. The Morgan fingerprint density at radius 3 is 2.00 bits per heavy atom. The van der Waals surface area contributed by atoms with Crippen LogP contribution in [0.3, 0.4) is 0 Å². The molecule has 3 nitrogen and oxygen atoms in total. The minimum atomic E-state index is -0.432. The summed E-state index contributed by atoms with van der Waals surface area (Å²) in [6.07, 6.45) is 16.1. The van der Waals surface area contributed by atoms with E-state index >= 15 is 0 Å². The van der Waals surface area contributed by atoms with E-state index in [4.69, 9.17) is 9.47 Å². The Hall–Kier alpha value is -0.730. The van der Waals surface area contributed by atoms with Gasteiger partial charge in [0.05, 0.1) is 0 Å². The smallest absolute Gasteiger partial charge is 0.431 e. The van der Waals surface area contributed by atoms with Gasteiger partial charge >= 0.3 is 6.16 Å². The van der Waals surface area contributed by atoms with E-state index in [1.54, 1.807) is 0 Å². The van der Waals surface area contributed by atoms with E-state index in [-0.39, 0.29) is 11.7 Å². The van der Waals surface area contributed by atoms with Crippen molar-refractivity contribution in [2.75, 3.05) is 0 Å². The summed E-state index contributed by atoms with van der Waals surface area (Å²) in [4.78, 5) is 12.1. The Labute approximate surface area is 156 Å². The van der Waals surface area contributed by atoms with Gasteiger partial charge in [0.1, 0.15) is 11.7 Å². The number of unbranched alkanes of at least 4 members (excludes halogenated alkanes) is 8. The predicted octanol–water partition coefficient (Wildman–Crippen LogP) is 7.42. The number of hydrogen-bond donors (Lipinski definition) is 0. The number of hydrogen-bond acceptors (Lipinski definition) is 3. The van der Waals surface area contributed by atoms with Crippen molar-refractivity contribution in [1.82, 2.24) is 0 Å². The molecule has 1 rings (SSSR count). The maximum atomic E-state index is 12.1. The highest BCUT2D eigenvalue weighted by atomic mass is 16.7. The van der Waals surface area contributed by atoms with Crippen molar-refractivity contribution in [3.8, 4) is 0 Å². The zero-order chi connectivity index (χ0) is 18.5. The minimum Gasteiger partial charge on any atom is -0.431 e. The third-order valence-corrected chi connectivity index (χ3v) is 5.92. The van der Waals surface area contributed by atoms with Gasteiger partial charge in [-0.2, -0.15) is 0 Å². The Morgan fingerprint density at radius 1 is 0.800 bits per heavy atom. The van der Waals surface area contributed by atoms with Gasteiger partial charge in [0, 0.05) is 5.92 Å². The zero-order valence-electron chi connectivity index (χ0n) is 17.3. The van der Waals surface area contributed by atoms with Gasteiger partial charge in [0.15, 0.2) is 0 Å². The molecule has 0 aliphatic carbocycles. The van der Waals surface area contributed by atoms with Crippen LogP contribution in [0.2, 0.25) is 0 Å². The molecule has 25 heavy (non-hydrogen) atoms. The average molecular weight is 355 g/mol. The van der Waals surface area contributed by atoms with Crippen LogP contribution in [-0.4, -0.2) is 17.9 Å². The SMILES string of the molecule is CCCCCCCCCC1(CCCC)OC(=O)OC(CCCC)C1C. The van der Waals surface area contributed by atoms with E-state index in [1.807, 2.05) is 0 Å². The Morgan fingerprint density at radius 2 is 1.36 bits per heavy atom. The third kappa shape index (κ3) is 7.58. The van der Waals surface area contributed by atoms with E-state index in [9.17, 15) is 4.79 Å². The Bertz CT molecular complexity index is 355. The average Bonchev–Trinajstić information content (AvgIpc) is 2.60. The molecule has 3 heteroatoms. The zero-order valence-corrected chi connectivity index (χ0v) is 17.3. The van der Waals surface area contributed by atoms with Crippen molar-refractivity contribution in [3.05, 3.63) is 0 Å². The van der Waals surface area contributed by atoms with Gasteiger partial charge in [0.25, 0.3) is 0 Å². The predicted molar refractivity (Wildman–Crippen MR) is 105 cm³/mol. The second-order valence-electron chi connectivity index (χ2n) is 7.98. The number of cyclic esters (lactones) is 2. The van der Waals surface area contributed by atoms with E-state index in [1.165, 1.54) is 38.5 Å². The molecule has 0 aromatic rings. The van der Waals surface area contributed by atoms with Crippen LogP contribution >= 0.6 is 0 Å². The van der Waals surface area contributed by atoms with Gasteiger partial charge in [-0.3, -0.25) is 0 Å². The maximum absolute atomic E-state index is 12.1. The first-order valence-electron chi connectivity index (χ1n) is 11.0. The first-order valence-corrected chi connectivity index (χ1v) is 11.0. The molecule has 0 saturated carbocycles. The van der Waals surface area contributed by atoms with Crippen LogP contribution in [-0.2, 0) is 9.47 Å². The highest BCUT2D eigenvalue weighted by Gasteiger charge is 2.48. The molecule has 1 saturated heterocycles. The van der Waals surface area contributed by atoms with Crippen LogP contribution in [0.1, 0.15) is 118 Å². The molecule has 1 heterocycles. The first-order chi connectivity index (χ1) is 12.1. The largest absolute Gasteiger partial charge is 0.509 e. The fourth-order valence-corrected chi connectivity index (χ4v) is 4.10. The lowest BCUT2D eigenvalue weighted by molar-refractivity contribution is -0.162. The summed E-state index contributed by atoms with van der Waals surface area (Å²) >= 11 is 0. The van der Waals surface area contributed by atoms with Crippen molar-refractivity contribution < 1.29 is 14.3 Å². The van der Waals surface area contributed by atoms with Crippen molar-refractivity contribution >= 4 is 6.16 Å². The summed E-state index contributed by atoms with van der Waals surface area (Å²) in [6, 6.07) is 0. The van der Waals surface area contributed by atoms with Crippen molar-refractivity contribution in [2.45, 2.75) is 129 Å². The molecule has 0 aromatic carbocycles. The topological polar surface area (TPSA) is 35.5 Å². The summed E-state index contributed by atoms with van der Waals surface area (Å²) in [5, 5.41) is 0. The Kier molecular flexibility index (Phi) is 11.2. The van der Waals surface area contributed by atoms with Crippen molar-refractivity contribution in [3.63, 3.8) is 0 Å². The molecule has 0 aromatic heterocycles. The monoisotopic (exact) mass is 354 g/mol. The lowest BCUT2D eigenvalue weighted by atomic mass is 9.75. The van der Waals surface area contributed by atoms with Crippen LogP contribution in [0.5, 0.6) is 0 Å². The second-order valence-corrected chi connectivity index (χ2v) is 7.98. The fraction of sp³-hybridized carbons (Fsp3) is 0.955. The van der Waals surface area contributed by atoms with Gasteiger partial charge in [-0.25, -0.2) is 4.79 Å². The number of ether oxygens (including phenoxy) is 2. The fourth-order valence-electron chi connectivity index (χ4n) is 4.10. The lowest BCUT2D eigenvalue weighted by Gasteiger charge is -2.45. The van der Waals surface area contributed by atoms with Crippen LogP contribution in [0, 0.1) is 5.92 Å². The highest BCUT2D eigenvalue weighted by molar-refractivity contribution is 5.62. The molecular formula is C22H42O3. The van der Waals surface area contributed by atoms with E-state index in [0.717, 1.165) is 51.4 Å². The molecule has 1 fully saturated rings. The molecule has 0 N–H and O–H groups in total. The molecule has 0 amide bonds. The van der Waals surface area contributed by atoms with Crippen LogP contribution in [0.25, 0.3) is 0 Å². The summed E-state index contributed by atoms with van der Waals surface area (Å²) in [5.41, 5.74) is -0.298. The summed E-state index contributed by atoms with van der Waals surface area (Å²) in [6.45, 7) is 8.90. The van der Waals surface area contributed by atoms with E-state index in [0.29, 0.717) is 5.92 Å². The van der Waals surface area contributed by atoms with Gasteiger partial charge in [0.2, 0.25) is 0 Å². The number of carbonyl (C=O) groups is 1. The van der Waals surface area contributed by atoms with Gasteiger partial charge in [-0.1, -0.05) is 85.5 Å². The maximum Gasteiger partial charge on any atom is 0.509 e. The third-order valence-electron chi connectivity index (χ3n) is 5.92. The lowest BCUT2D eigenvalue weighted by Crippen LogP contribution is -2.52. The highest BCUT2D eigenvalue weighted by Crippen LogP contribution is 2.41. The molecule has 0 bridgehead atoms. The molecule has 1 aliphatic rings. The molecular weight excluding hydrogens is 312 g/mol.